The molecule has 1 atom stereocenters. The van der Waals surface area contributed by atoms with Gasteiger partial charge in [-0.05, 0) is 50.3 Å². The van der Waals surface area contributed by atoms with E-state index in [4.69, 9.17) is 4.74 Å². The Morgan fingerprint density at radius 2 is 1.92 bits per heavy atom. The van der Waals surface area contributed by atoms with Gasteiger partial charge >= 0.3 is 6.03 Å². The second-order valence-electron chi connectivity index (χ2n) is 10.0. The molecule has 0 radical (unpaired) electrons. The van der Waals surface area contributed by atoms with Gasteiger partial charge in [-0.1, -0.05) is 19.3 Å². The molecule has 1 saturated heterocycles. The van der Waals surface area contributed by atoms with Crippen LogP contribution in [0, 0.1) is 5.92 Å². The zero-order chi connectivity index (χ0) is 24.7. The molecule has 36 heavy (non-hydrogen) atoms. The summed E-state index contributed by atoms with van der Waals surface area (Å²) in [6, 6.07) is 5.64. The number of rotatable bonds is 8. The number of carbonyl (C=O) groups is 1. The van der Waals surface area contributed by atoms with Crippen molar-refractivity contribution < 1.29 is 9.53 Å². The minimum atomic E-state index is -0.206. The van der Waals surface area contributed by atoms with Gasteiger partial charge in [-0.3, -0.25) is 19.9 Å². The maximum atomic E-state index is 12.6. The second-order valence-corrected chi connectivity index (χ2v) is 10.0. The van der Waals surface area contributed by atoms with Crippen molar-refractivity contribution in [2.75, 3.05) is 38.2 Å². The van der Waals surface area contributed by atoms with E-state index in [0.717, 1.165) is 68.0 Å². The van der Waals surface area contributed by atoms with Crippen molar-refractivity contribution in [3.63, 3.8) is 0 Å². The van der Waals surface area contributed by atoms with Crippen LogP contribution in [0.25, 0.3) is 22.2 Å². The molecule has 2 amide bonds. The number of nitrogens with zero attached hydrogens (tertiary/aromatic N) is 5. The minimum absolute atomic E-state index is 0.157. The first-order valence-electron chi connectivity index (χ1n) is 13.3. The molecular weight excluding hydrogens is 454 g/mol. The summed E-state index contributed by atoms with van der Waals surface area (Å²) in [5.41, 5.74) is 3.50. The van der Waals surface area contributed by atoms with Crippen LogP contribution in [0.2, 0.25) is 0 Å². The number of hydrogen-bond donors (Lipinski definition) is 2. The molecule has 192 valence electrons. The molecule has 9 nitrogen and oxygen atoms in total. The fourth-order valence-corrected chi connectivity index (χ4v) is 5.26. The lowest BCUT2D eigenvalue weighted by Crippen LogP contribution is -2.41. The predicted octanol–water partition coefficient (Wildman–Crippen LogP) is 4.31. The van der Waals surface area contributed by atoms with Gasteiger partial charge in [0.1, 0.15) is 5.82 Å². The third-order valence-corrected chi connectivity index (χ3v) is 7.43. The van der Waals surface area contributed by atoms with Crippen LogP contribution in [0.1, 0.15) is 45.4 Å². The fourth-order valence-electron chi connectivity index (χ4n) is 5.26. The van der Waals surface area contributed by atoms with Crippen LogP contribution < -0.4 is 10.6 Å². The van der Waals surface area contributed by atoms with Gasteiger partial charge in [-0.25, -0.2) is 9.78 Å². The minimum Gasteiger partial charge on any atom is -0.379 e. The molecule has 2 aliphatic rings. The zero-order valence-electron chi connectivity index (χ0n) is 21.2. The standard InChI is InChI=1S/C27H37N7O2/c1-20(21-6-3-2-4-7-21)30-27(35)32-26-9-8-24-25(31-26)16-22(17-28-24)23-18-29-34(19-23)11-5-10-33-12-14-36-15-13-33/h8-9,16-21H,2-7,10-15H2,1H3,(H2,30,31,32,35)/t20-/m1/s1. The fraction of sp³-hybridized carbons (Fsp3) is 0.556. The molecule has 3 aromatic heterocycles. The summed E-state index contributed by atoms with van der Waals surface area (Å²) >= 11 is 0. The Balaban J connectivity index is 1.19. The van der Waals surface area contributed by atoms with E-state index in [9.17, 15) is 4.79 Å². The Morgan fingerprint density at radius 1 is 1.08 bits per heavy atom. The SMILES string of the molecule is C[C@@H](NC(=O)Nc1ccc2ncc(-c3cnn(CCCN4CCOCC4)c3)cc2n1)C1CCCCC1. The van der Waals surface area contributed by atoms with Gasteiger partial charge in [0, 0.05) is 55.7 Å². The molecule has 9 heteroatoms. The highest BCUT2D eigenvalue weighted by molar-refractivity contribution is 5.90. The maximum Gasteiger partial charge on any atom is 0.320 e. The van der Waals surface area contributed by atoms with Crippen LogP contribution in [0.3, 0.4) is 0 Å². The highest BCUT2D eigenvalue weighted by atomic mass is 16.5. The van der Waals surface area contributed by atoms with E-state index in [1.54, 1.807) is 6.07 Å². The maximum absolute atomic E-state index is 12.6. The largest absolute Gasteiger partial charge is 0.379 e. The van der Waals surface area contributed by atoms with E-state index < -0.39 is 0 Å². The van der Waals surface area contributed by atoms with Crippen molar-refractivity contribution >= 4 is 22.9 Å². The molecule has 0 unspecified atom stereocenters. The number of urea groups is 1. The smallest absolute Gasteiger partial charge is 0.320 e. The van der Waals surface area contributed by atoms with Crippen molar-refractivity contribution in [3.05, 3.63) is 36.8 Å². The van der Waals surface area contributed by atoms with Crippen LogP contribution in [-0.2, 0) is 11.3 Å². The normalized spacial score (nSPS) is 18.2. The van der Waals surface area contributed by atoms with Gasteiger partial charge in [-0.2, -0.15) is 5.10 Å². The number of amides is 2. The average molecular weight is 492 g/mol. The lowest BCUT2D eigenvalue weighted by molar-refractivity contribution is 0.0368. The number of anilines is 1. The molecule has 4 heterocycles. The summed E-state index contributed by atoms with van der Waals surface area (Å²) in [6.07, 6.45) is 13.0. The monoisotopic (exact) mass is 491 g/mol. The summed E-state index contributed by atoms with van der Waals surface area (Å²) in [6.45, 7) is 7.72. The van der Waals surface area contributed by atoms with Gasteiger partial charge in [0.2, 0.25) is 0 Å². The molecule has 1 aliphatic heterocycles. The van der Waals surface area contributed by atoms with E-state index in [2.05, 4.69) is 43.7 Å². The summed E-state index contributed by atoms with van der Waals surface area (Å²) in [5, 5.41) is 10.5. The predicted molar refractivity (Wildman–Crippen MR) is 141 cm³/mol. The van der Waals surface area contributed by atoms with Gasteiger partial charge < -0.3 is 10.1 Å². The van der Waals surface area contributed by atoms with E-state index in [0.29, 0.717) is 11.7 Å². The number of pyridine rings is 2. The van der Waals surface area contributed by atoms with Crippen LogP contribution in [0.15, 0.2) is 36.8 Å². The second kappa shape index (κ2) is 11.8. The number of morpholine rings is 1. The molecule has 3 aromatic rings. The Labute approximate surface area is 212 Å². The highest BCUT2D eigenvalue weighted by Crippen LogP contribution is 2.26. The quantitative estimate of drug-likeness (QED) is 0.488. The molecule has 0 spiro atoms. The Bertz CT molecular complexity index is 1150. The number of aromatic nitrogens is 4. The Hall–Kier alpha value is -3.04. The van der Waals surface area contributed by atoms with Crippen LogP contribution in [-0.4, -0.2) is 69.6 Å². The van der Waals surface area contributed by atoms with E-state index in [1.807, 2.05) is 29.2 Å². The topological polar surface area (TPSA) is 97.2 Å². The van der Waals surface area contributed by atoms with Crippen LogP contribution in [0.5, 0.6) is 0 Å². The highest BCUT2D eigenvalue weighted by Gasteiger charge is 2.21. The van der Waals surface area contributed by atoms with Crippen molar-refractivity contribution in [1.82, 2.24) is 30.0 Å². The first-order chi connectivity index (χ1) is 17.6. The van der Waals surface area contributed by atoms with E-state index >= 15 is 0 Å². The molecule has 1 aliphatic carbocycles. The third kappa shape index (κ3) is 6.39. The molecule has 1 saturated carbocycles. The summed E-state index contributed by atoms with van der Waals surface area (Å²) in [4.78, 5) is 24.2. The Morgan fingerprint density at radius 3 is 2.75 bits per heavy atom. The van der Waals surface area contributed by atoms with Gasteiger partial charge in [-0.15, -0.1) is 0 Å². The van der Waals surface area contributed by atoms with Gasteiger partial charge in [0.05, 0.1) is 30.4 Å². The number of aryl methyl sites for hydroxylation is 1. The molecular formula is C27H37N7O2. The van der Waals surface area contributed by atoms with Crippen molar-refractivity contribution in [2.45, 2.75) is 58.0 Å². The number of carbonyl (C=O) groups excluding carboxylic acids is 1. The molecule has 2 fully saturated rings. The number of hydrogen-bond acceptors (Lipinski definition) is 6. The van der Waals surface area contributed by atoms with Crippen molar-refractivity contribution in [2.24, 2.45) is 5.92 Å². The first-order valence-corrected chi connectivity index (χ1v) is 13.3. The third-order valence-electron chi connectivity index (χ3n) is 7.43. The van der Waals surface area contributed by atoms with Crippen LogP contribution >= 0.6 is 0 Å². The molecule has 0 aromatic carbocycles. The number of nitrogens with one attached hydrogen (secondary N) is 2. The average Bonchev–Trinajstić information content (AvgIpc) is 3.38. The van der Waals surface area contributed by atoms with E-state index in [1.165, 1.54) is 32.1 Å². The van der Waals surface area contributed by atoms with Gasteiger partial charge in [0.25, 0.3) is 0 Å². The molecule has 5 rings (SSSR count). The molecule has 2 N–H and O–H groups in total. The van der Waals surface area contributed by atoms with Crippen molar-refractivity contribution in [3.8, 4) is 11.1 Å². The number of ether oxygens (including phenoxy) is 1. The van der Waals surface area contributed by atoms with E-state index in [-0.39, 0.29) is 12.1 Å². The van der Waals surface area contributed by atoms with Crippen molar-refractivity contribution in [1.29, 1.82) is 0 Å². The first kappa shape index (κ1) is 24.6. The zero-order valence-corrected chi connectivity index (χ0v) is 21.2. The van der Waals surface area contributed by atoms with Crippen LogP contribution in [0.4, 0.5) is 10.6 Å². The summed E-state index contributed by atoms with van der Waals surface area (Å²) in [5.74, 6) is 1.08. The molecule has 0 bridgehead atoms. The summed E-state index contributed by atoms with van der Waals surface area (Å²) < 4.78 is 7.41. The number of fused-ring (bicyclic) bond motifs is 1. The Kier molecular flexibility index (Phi) is 8.08. The lowest BCUT2D eigenvalue weighted by Gasteiger charge is -2.28. The van der Waals surface area contributed by atoms with Gasteiger partial charge in [0.15, 0.2) is 0 Å². The summed E-state index contributed by atoms with van der Waals surface area (Å²) in [7, 11) is 0. The lowest BCUT2D eigenvalue weighted by atomic mass is 9.85.